The molecule has 0 aliphatic heterocycles. The van der Waals surface area contributed by atoms with E-state index in [4.69, 9.17) is 5.11 Å². The van der Waals surface area contributed by atoms with Crippen LogP contribution in [0.3, 0.4) is 0 Å². The molecule has 1 aromatic rings. The zero-order valence-corrected chi connectivity index (χ0v) is 7.93. The van der Waals surface area contributed by atoms with Gasteiger partial charge in [0.15, 0.2) is 0 Å². The first-order valence-electron chi connectivity index (χ1n) is 3.95. The standard InChI is InChI=1S/C9H6F4O3/c1-16-7-2-4(8(14)15)6(10)3-5(7)9(11,12)13/h2-3H,1H3,(H,14,15). The number of hydrogen-bond donors (Lipinski definition) is 1. The van der Waals surface area contributed by atoms with Crippen molar-refractivity contribution in [1.29, 1.82) is 0 Å². The molecule has 0 unspecified atom stereocenters. The second-order valence-electron chi connectivity index (χ2n) is 2.84. The smallest absolute Gasteiger partial charge is 0.420 e. The summed E-state index contributed by atoms with van der Waals surface area (Å²) in [7, 11) is 0.939. The number of benzene rings is 1. The molecular formula is C9H6F4O3. The Bertz CT molecular complexity index is 425. The molecule has 3 nitrogen and oxygen atoms in total. The lowest BCUT2D eigenvalue weighted by Crippen LogP contribution is -2.11. The van der Waals surface area contributed by atoms with E-state index in [9.17, 15) is 22.4 Å². The lowest BCUT2D eigenvalue weighted by molar-refractivity contribution is -0.139. The zero-order chi connectivity index (χ0) is 12.5. The first kappa shape index (κ1) is 12.3. The van der Waals surface area contributed by atoms with E-state index in [1.54, 1.807) is 0 Å². The Labute approximate surface area is 87.3 Å². The van der Waals surface area contributed by atoms with Crippen molar-refractivity contribution in [2.24, 2.45) is 0 Å². The van der Waals surface area contributed by atoms with Gasteiger partial charge in [-0.1, -0.05) is 0 Å². The van der Waals surface area contributed by atoms with Crippen molar-refractivity contribution in [3.63, 3.8) is 0 Å². The van der Waals surface area contributed by atoms with E-state index in [2.05, 4.69) is 4.74 Å². The summed E-state index contributed by atoms with van der Waals surface area (Å²) in [6, 6.07) is 0.600. The van der Waals surface area contributed by atoms with Crippen molar-refractivity contribution in [2.45, 2.75) is 6.18 Å². The maximum atomic E-state index is 13.0. The van der Waals surface area contributed by atoms with Gasteiger partial charge in [-0.2, -0.15) is 13.2 Å². The minimum atomic E-state index is -4.80. The molecule has 0 amide bonds. The summed E-state index contributed by atoms with van der Waals surface area (Å²) in [6.07, 6.45) is -4.80. The average molecular weight is 238 g/mol. The Morgan fingerprint density at radius 3 is 2.31 bits per heavy atom. The summed E-state index contributed by atoms with van der Waals surface area (Å²) in [5.41, 5.74) is -2.22. The van der Waals surface area contributed by atoms with Crippen LogP contribution in [0.5, 0.6) is 5.75 Å². The average Bonchev–Trinajstić information content (AvgIpc) is 2.15. The number of carboxylic acids is 1. The summed E-state index contributed by atoms with van der Waals surface area (Å²) in [4.78, 5) is 10.5. The van der Waals surface area contributed by atoms with Gasteiger partial charge < -0.3 is 9.84 Å². The molecule has 0 aliphatic rings. The van der Waals surface area contributed by atoms with Crippen LogP contribution in [0, 0.1) is 5.82 Å². The minimum Gasteiger partial charge on any atom is -0.496 e. The number of methoxy groups -OCH3 is 1. The van der Waals surface area contributed by atoms with Gasteiger partial charge in [-0.25, -0.2) is 9.18 Å². The highest BCUT2D eigenvalue weighted by Crippen LogP contribution is 2.37. The third-order valence-electron chi connectivity index (χ3n) is 1.82. The van der Waals surface area contributed by atoms with Crippen molar-refractivity contribution in [3.8, 4) is 5.75 Å². The number of aromatic carboxylic acids is 1. The fourth-order valence-corrected chi connectivity index (χ4v) is 1.11. The molecule has 0 heterocycles. The molecule has 0 saturated carbocycles. The first-order valence-corrected chi connectivity index (χ1v) is 3.95. The van der Waals surface area contributed by atoms with Gasteiger partial charge in [-0.15, -0.1) is 0 Å². The third-order valence-corrected chi connectivity index (χ3v) is 1.82. The molecule has 1 N–H and O–H groups in total. The van der Waals surface area contributed by atoms with E-state index in [1.165, 1.54) is 0 Å². The number of halogens is 4. The van der Waals surface area contributed by atoms with Crippen LogP contribution in [0.25, 0.3) is 0 Å². The van der Waals surface area contributed by atoms with Crippen LogP contribution in [-0.2, 0) is 6.18 Å². The molecule has 88 valence electrons. The Morgan fingerprint density at radius 2 is 1.94 bits per heavy atom. The van der Waals surface area contributed by atoms with Crippen LogP contribution in [0.2, 0.25) is 0 Å². The molecule has 0 fully saturated rings. The van der Waals surface area contributed by atoms with Crippen molar-refractivity contribution < 1.29 is 32.2 Å². The molecule has 0 aliphatic carbocycles. The lowest BCUT2D eigenvalue weighted by Gasteiger charge is -2.12. The molecule has 0 aromatic heterocycles. The third kappa shape index (κ3) is 2.23. The molecule has 0 atom stereocenters. The number of rotatable bonds is 2. The first-order chi connectivity index (χ1) is 7.27. The van der Waals surface area contributed by atoms with Crippen molar-refractivity contribution >= 4 is 5.97 Å². The molecule has 1 aromatic carbocycles. The molecule has 1 rings (SSSR count). The van der Waals surface area contributed by atoms with E-state index < -0.39 is 34.8 Å². The second kappa shape index (κ2) is 3.99. The predicted molar refractivity (Wildman–Crippen MR) is 44.9 cm³/mol. The lowest BCUT2D eigenvalue weighted by atomic mass is 10.1. The normalized spacial score (nSPS) is 11.3. The van der Waals surface area contributed by atoms with E-state index >= 15 is 0 Å². The summed E-state index contributed by atoms with van der Waals surface area (Å²) in [5.74, 6) is -3.85. The molecule has 0 radical (unpaired) electrons. The van der Waals surface area contributed by atoms with E-state index in [0.29, 0.717) is 6.07 Å². The van der Waals surface area contributed by atoms with Gasteiger partial charge in [0.25, 0.3) is 0 Å². The van der Waals surface area contributed by atoms with E-state index in [0.717, 1.165) is 7.11 Å². The topological polar surface area (TPSA) is 46.5 Å². The fraction of sp³-hybridized carbons (Fsp3) is 0.222. The second-order valence-corrected chi connectivity index (χ2v) is 2.84. The highest BCUT2D eigenvalue weighted by molar-refractivity contribution is 5.88. The molecule has 0 bridgehead atoms. The van der Waals surface area contributed by atoms with Gasteiger partial charge in [0, 0.05) is 0 Å². The summed E-state index contributed by atoms with van der Waals surface area (Å²) >= 11 is 0. The van der Waals surface area contributed by atoms with Gasteiger partial charge in [0.05, 0.1) is 12.7 Å². The van der Waals surface area contributed by atoms with Crippen molar-refractivity contribution in [2.75, 3.05) is 7.11 Å². The van der Waals surface area contributed by atoms with Crippen LogP contribution in [-0.4, -0.2) is 18.2 Å². The van der Waals surface area contributed by atoms with E-state index in [-0.39, 0.29) is 6.07 Å². The van der Waals surface area contributed by atoms with Crippen molar-refractivity contribution in [1.82, 2.24) is 0 Å². The number of alkyl halides is 3. The predicted octanol–water partition coefficient (Wildman–Crippen LogP) is 2.55. The maximum absolute atomic E-state index is 13.0. The molecule has 0 saturated heterocycles. The molecular weight excluding hydrogens is 232 g/mol. The van der Waals surface area contributed by atoms with Gasteiger partial charge in [-0.3, -0.25) is 0 Å². The SMILES string of the molecule is COc1cc(C(=O)O)c(F)cc1C(F)(F)F. The van der Waals surface area contributed by atoms with Gasteiger partial charge >= 0.3 is 12.1 Å². The number of carbonyl (C=O) groups is 1. The Hall–Kier alpha value is -1.79. The van der Waals surface area contributed by atoms with Gasteiger partial charge in [0.2, 0.25) is 0 Å². The number of carboxylic acid groups (broad SMARTS) is 1. The quantitative estimate of drug-likeness (QED) is 0.805. The number of ether oxygens (including phenoxy) is 1. The summed E-state index contributed by atoms with van der Waals surface area (Å²) < 4.78 is 54.4. The van der Waals surface area contributed by atoms with Crippen LogP contribution < -0.4 is 4.74 Å². The van der Waals surface area contributed by atoms with Gasteiger partial charge in [-0.05, 0) is 12.1 Å². The molecule has 7 heteroatoms. The van der Waals surface area contributed by atoms with Crippen molar-refractivity contribution in [3.05, 3.63) is 29.1 Å². The zero-order valence-electron chi connectivity index (χ0n) is 7.93. The Kier molecular flexibility index (Phi) is 3.06. The van der Waals surface area contributed by atoms with Crippen LogP contribution in [0.4, 0.5) is 17.6 Å². The van der Waals surface area contributed by atoms with Crippen LogP contribution in [0.15, 0.2) is 12.1 Å². The number of hydrogen-bond acceptors (Lipinski definition) is 2. The maximum Gasteiger partial charge on any atom is 0.420 e. The molecule has 0 spiro atoms. The highest BCUT2D eigenvalue weighted by Gasteiger charge is 2.36. The Balaban J connectivity index is 3.44. The van der Waals surface area contributed by atoms with Crippen LogP contribution in [0.1, 0.15) is 15.9 Å². The summed E-state index contributed by atoms with van der Waals surface area (Å²) in [6.45, 7) is 0. The summed E-state index contributed by atoms with van der Waals surface area (Å²) in [5, 5.41) is 8.50. The Morgan fingerprint density at radius 1 is 1.38 bits per heavy atom. The highest BCUT2D eigenvalue weighted by atomic mass is 19.4. The largest absolute Gasteiger partial charge is 0.496 e. The fourth-order valence-electron chi connectivity index (χ4n) is 1.11. The van der Waals surface area contributed by atoms with Crippen LogP contribution >= 0.6 is 0 Å². The van der Waals surface area contributed by atoms with Gasteiger partial charge in [0.1, 0.15) is 17.1 Å². The van der Waals surface area contributed by atoms with E-state index in [1.807, 2.05) is 0 Å². The monoisotopic (exact) mass is 238 g/mol. The molecule has 16 heavy (non-hydrogen) atoms. The minimum absolute atomic E-state index is 0.0995.